The van der Waals surface area contributed by atoms with Gasteiger partial charge in [0.1, 0.15) is 6.04 Å². The van der Waals surface area contributed by atoms with Crippen molar-refractivity contribution in [3.8, 4) is 0 Å². The van der Waals surface area contributed by atoms with E-state index in [9.17, 15) is 4.79 Å². The summed E-state index contributed by atoms with van der Waals surface area (Å²) < 4.78 is 0. The number of aliphatic carboxylic acids is 1. The Bertz CT molecular complexity index is 178. The van der Waals surface area contributed by atoms with E-state index in [1.54, 1.807) is 6.92 Å². The molecule has 0 aliphatic carbocycles. The lowest BCUT2D eigenvalue weighted by Crippen LogP contribution is -2.50. The van der Waals surface area contributed by atoms with Crippen molar-refractivity contribution in [2.75, 3.05) is 20.1 Å². The van der Waals surface area contributed by atoms with Crippen molar-refractivity contribution in [1.29, 1.82) is 0 Å². The van der Waals surface area contributed by atoms with Crippen LogP contribution in [0.15, 0.2) is 0 Å². The van der Waals surface area contributed by atoms with Gasteiger partial charge in [-0.05, 0) is 19.8 Å². The molecule has 1 aliphatic heterocycles. The number of likely N-dealkylation sites (N-methyl/N-ethyl adjacent to an activating group) is 1. The van der Waals surface area contributed by atoms with Crippen LogP contribution in [0.1, 0.15) is 26.2 Å². The number of hydrazine groups is 1. The summed E-state index contributed by atoms with van der Waals surface area (Å²) in [7, 11) is 1.85. The largest absolute Gasteiger partial charge is 0.480 e. The number of rotatable bonds is 3. The molecule has 1 aliphatic rings. The summed E-state index contributed by atoms with van der Waals surface area (Å²) >= 11 is 0. The van der Waals surface area contributed by atoms with Gasteiger partial charge in [-0.1, -0.05) is 6.42 Å². The third-order valence-corrected chi connectivity index (χ3v) is 2.70. The highest BCUT2D eigenvalue weighted by atomic mass is 16.4. The van der Waals surface area contributed by atoms with Crippen LogP contribution in [0.5, 0.6) is 0 Å². The Hall–Kier alpha value is -0.610. The van der Waals surface area contributed by atoms with Gasteiger partial charge in [0, 0.05) is 20.1 Å². The van der Waals surface area contributed by atoms with Crippen molar-refractivity contribution < 1.29 is 9.90 Å². The second-order valence-electron chi connectivity index (χ2n) is 3.60. The second-order valence-corrected chi connectivity index (χ2v) is 3.60. The van der Waals surface area contributed by atoms with Crippen molar-refractivity contribution in [3.63, 3.8) is 0 Å². The average molecular weight is 186 g/mol. The molecule has 4 nitrogen and oxygen atoms in total. The number of hydrogen-bond acceptors (Lipinski definition) is 3. The van der Waals surface area contributed by atoms with Gasteiger partial charge < -0.3 is 5.11 Å². The van der Waals surface area contributed by atoms with Gasteiger partial charge in [0.2, 0.25) is 0 Å². The molecule has 1 saturated heterocycles. The maximum atomic E-state index is 10.7. The topological polar surface area (TPSA) is 43.8 Å². The highest BCUT2D eigenvalue weighted by molar-refractivity contribution is 5.72. The maximum Gasteiger partial charge on any atom is 0.322 e. The minimum Gasteiger partial charge on any atom is -0.480 e. The zero-order valence-corrected chi connectivity index (χ0v) is 8.36. The van der Waals surface area contributed by atoms with Crippen LogP contribution in [0.4, 0.5) is 0 Å². The molecule has 76 valence electrons. The molecule has 1 unspecified atom stereocenters. The molecule has 0 bridgehead atoms. The first-order valence-electron chi connectivity index (χ1n) is 4.83. The fraction of sp³-hybridized carbons (Fsp3) is 0.889. The molecule has 0 aromatic heterocycles. The van der Waals surface area contributed by atoms with Gasteiger partial charge in [-0.15, -0.1) is 0 Å². The summed E-state index contributed by atoms with van der Waals surface area (Å²) in [5.74, 6) is -0.756. The standard InChI is InChI=1S/C9H18N2O2/c1-8(9(12)13)10(2)11-6-4-3-5-7-11/h8H,3-7H2,1-2H3,(H,12,13). The van der Waals surface area contributed by atoms with E-state index in [0.29, 0.717) is 0 Å². The smallest absolute Gasteiger partial charge is 0.322 e. The van der Waals surface area contributed by atoms with E-state index in [4.69, 9.17) is 5.11 Å². The number of hydrogen-bond donors (Lipinski definition) is 1. The quantitative estimate of drug-likeness (QED) is 0.707. The molecule has 0 radical (unpaired) electrons. The van der Waals surface area contributed by atoms with Crippen molar-refractivity contribution >= 4 is 5.97 Å². The maximum absolute atomic E-state index is 10.7. The zero-order chi connectivity index (χ0) is 9.84. The number of nitrogens with zero attached hydrogens (tertiary/aromatic N) is 2. The van der Waals surface area contributed by atoms with Crippen LogP contribution in [0.25, 0.3) is 0 Å². The van der Waals surface area contributed by atoms with Crippen molar-refractivity contribution in [2.45, 2.75) is 32.2 Å². The average Bonchev–Trinajstić information content (AvgIpc) is 2.17. The van der Waals surface area contributed by atoms with E-state index in [2.05, 4.69) is 5.01 Å². The van der Waals surface area contributed by atoms with E-state index in [1.807, 2.05) is 12.1 Å². The summed E-state index contributed by atoms with van der Waals surface area (Å²) in [5, 5.41) is 12.8. The third-order valence-electron chi connectivity index (χ3n) is 2.70. The normalized spacial score (nSPS) is 21.8. The van der Waals surface area contributed by atoms with Crippen LogP contribution < -0.4 is 0 Å². The minimum atomic E-state index is -0.756. The Morgan fingerprint density at radius 1 is 1.38 bits per heavy atom. The summed E-state index contributed by atoms with van der Waals surface area (Å²) in [6.45, 7) is 3.71. The number of carbonyl (C=O) groups is 1. The van der Waals surface area contributed by atoms with E-state index in [1.165, 1.54) is 19.3 Å². The van der Waals surface area contributed by atoms with E-state index < -0.39 is 12.0 Å². The number of piperidine rings is 1. The Morgan fingerprint density at radius 3 is 2.38 bits per heavy atom. The Kier molecular flexibility index (Phi) is 3.69. The molecule has 4 heteroatoms. The molecule has 0 aromatic carbocycles. The first-order valence-corrected chi connectivity index (χ1v) is 4.83. The van der Waals surface area contributed by atoms with E-state index in [-0.39, 0.29) is 0 Å². The molecule has 1 fully saturated rings. The fourth-order valence-electron chi connectivity index (χ4n) is 1.60. The molecule has 1 atom stereocenters. The van der Waals surface area contributed by atoms with Gasteiger partial charge in [0.25, 0.3) is 0 Å². The molecule has 0 amide bonds. The van der Waals surface area contributed by atoms with E-state index >= 15 is 0 Å². The van der Waals surface area contributed by atoms with E-state index in [0.717, 1.165) is 13.1 Å². The van der Waals surface area contributed by atoms with Crippen LogP contribution in [0.3, 0.4) is 0 Å². The monoisotopic (exact) mass is 186 g/mol. The summed E-state index contributed by atoms with van der Waals surface area (Å²) in [6.07, 6.45) is 3.62. The van der Waals surface area contributed by atoms with Crippen molar-refractivity contribution in [3.05, 3.63) is 0 Å². The molecular weight excluding hydrogens is 168 g/mol. The van der Waals surface area contributed by atoms with Gasteiger partial charge in [0.05, 0.1) is 0 Å². The Morgan fingerprint density at radius 2 is 1.92 bits per heavy atom. The van der Waals surface area contributed by atoms with Crippen LogP contribution in [-0.2, 0) is 4.79 Å². The minimum absolute atomic E-state index is 0.418. The van der Waals surface area contributed by atoms with Gasteiger partial charge in [-0.25, -0.2) is 10.0 Å². The first kappa shape index (κ1) is 10.5. The third kappa shape index (κ3) is 2.67. The number of carboxylic acid groups (broad SMARTS) is 1. The molecule has 0 spiro atoms. The highest BCUT2D eigenvalue weighted by Gasteiger charge is 2.23. The zero-order valence-electron chi connectivity index (χ0n) is 8.36. The van der Waals surface area contributed by atoms with Crippen LogP contribution in [0.2, 0.25) is 0 Å². The summed E-state index contributed by atoms with van der Waals surface area (Å²) in [4.78, 5) is 10.7. The van der Waals surface area contributed by atoms with Gasteiger partial charge in [-0.3, -0.25) is 4.79 Å². The molecule has 0 saturated carbocycles. The number of carboxylic acids is 1. The Balaban J connectivity index is 2.44. The predicted octanol–water partition coefficient (Wildman–Crippen LogP) is 0.792. The van der Waals surface area contributed by atoms with Crippen molar-refractivity contribution in [2.24, 2.45) is 0 Å². The molecule has 1 N–H and O–H groups in total. The summed E-state index contributed by atoms with van der Waals surface area (Å²) in [5.41, 5.74) is 0. The lowest BCUT2D eigenvalue weighted by Gasteiger charge is -2.36. The van der Waals surface area contributed by atoms with Crippen molar-refractivity contribution in [1.82, 2.24) is 10.0 Å². The van der Waals surface area contributed by atoms with Gasteiger partial charge >= 0.3 is 5.97 Å². The fourth-order valence-corrected chi connectivity index (χ4v) is 1.60. The molecule has 13 heavy (non-hydrogen) atoms. The van der Waals surface area contributed by atoms with Gasteiger partial charge in [-0.2, -0.15) is 0 Å². The molecule has 0 aromatic rings. The SMILES string of the molecule is CC(C(=O)O)N(C)N1CCCCC1. The Labute approximate surface area is 79.1 Å². The molecule has 1 rings (SSSR count). The second kappa shape index (κ2) is 4.58. The van der Waals surface area contributed by atoms with Crippen LogP contribution in [0, 0.1) is 0 Å². The van der Waals surface area contributed by atoms with Crippen LogP contribution >= 0.6 is 0 Å². The molecular formula is C9H18N2O2. The molecule has 1 heterocycles. The lowest BCUT2D eigenvalue weighted by atomic mass is 10.1. The summed E-state index contributed by atoms with van der Waals surface area (Å²) in [6, 6.07) is -0.418. The lowest BCUT2D eigenvalue weighted by molar-refractivity contribution is -0.150. The first-order chi connectivity index (χ1) is 6.13. The highest BCUT2D eigenvalue weighted by Crippen LogP contribution is 2.12. The predicted molar refractivity (Wildman–Crippen MR) is 50.3 cm³/mol. The van der Waals surface area contributed by atoms with Crippen LogP contribution in [-0.4, -0.2) is 47.3 Å². The van der Waals surface area contributed by atoms with Gasteiger partial charge in [0.15, 0.2) is 0 Å².